The minimum atomic E-state index is -1.29. The van der Waals surface area contributed by atoms with Crippen molar-refractivity contribution in [3.63, 3.8) is 0 Å². The number of rotatable bonds is 52. The number of pyridine rings is 2. The van der Waals surface area contributed by atoms with Crippen molar-refractivity contribution in [3.8, 4) is 0 Å². The van der Waals surface area contributed by atoms with Gasteiger partial charge in [-0.2, -0.15) is 75.8 Å². The molecule has 18 N–H and O–H groups in total. The molecule has 5 rings (SSSR count). The lowest BCUT2D eigenvalue weighted by Gasteiger charge is -2.14. The molecule has 2 aromatic heterocycles. The molecule has 2 heterocycles. The third kappa shape index (κ3) is 73.6. The van der Waals surface area contributed by atoms with Gasteiger partial charge < -0.3 is 93.8 Å². The second-order valence-corrected chi connectivity index (χ2v) is 28.6. The summed E-state index contributed by atoms with van der Waals surface area (Å²) in [5, 5.41) is 94.6. The first-order chi connectivity index (χ1) is 62.0. The normalized spacial score (nSPS) is 10.7. The van der Waals surface area contributed by atoms with E-state index in [9.17, 15) is 71.1 Å². The van der Waals surface area contributed by atoms with E-state index in [1.54, 1.807) is 73.1 Å². The van der Waals surface area contributed by atoms with E-state index in [4.69, 9.17) is 78.9 Å². The fourth-order valence-electron chi connectivity index (χ4n) is 9.46. The summed E-state index contributed by atoms with van der Waals surface area (Å²) in [6.07, 6.45) is 12.5. The van der Waals surface area contributed by atoms with Crippen LogP contribution in [0.2, 0.25) is 0 Å². The number of urea groups is 4. The van der Waals surface area contributed by atoms with Gasteiger partial charge in [-0.05, 0) is 187 Å². The van der Waals surface area contributed by atoms with Crippen LogP contribution in [0.5, 0.6) is 0 Å². The number of benzene rings is 3. The van der Waals surface area contributed by atoms with E-state index in [-0.39, 0.29) is 100 Å². The van der Waals surface area contributed by atoms with Crippen LogP contribution < -0.4 is 58.6 Å². The molecule has 10 amide bonds. The number of anilines is 1. The molecule has 0 fully saturated rings. The van der Waals surface area contributed by atoms with Crippen molar-refractivity contribution in [2.75, 3.05) is 62.8 Å². The molecule has 0 saturated heterocycles. The summed E-state index contributed by atoms with van der Waals surface area (Å²) in [5.41, 5.74) is 10.1. The SMILES string of the molecule is CC(CCC(=O)O)NC(=O)NCCCCSCc1ccnc([18F])c1.Cc1ccc(/C=N/Nc2ccc(C(=O)NCCCCCNC(=O)NC(CCC(=O)O)C(=O)O)cc2)cc1.Cc1ccc(C=NOCC(=O)NCCCCCNC(=O)NC(CCC(=O)O)C(=O)O)cc1.O=C(O)CCC(NC(=O)NCCCSCc1ccnc([18F])c1)C(=O)O.O=C=O.O=C=O.O=C=O.O=C=O. The Morgan fingerprint density at radius 1 is 0.423 bits per heavy atom. The molecule has 0 radical (unpaired) electrons. The number of aliphatic carboxylic acids is 7. The molecule has 130 heavy (non-hydrogen) atoms. The summed E-state index contributed by atoms with van der Waals surface area (Å²) in [4.78, 5) is 223. The van der Waals surface area contributed by atoms with Gasteiger partial charge in [-0.25, -0.2) is 43.5 Å². The Morgan fingerprint density at radius 2 is 0.762 bits per heavy atom. The van der Waals surface area contributed by atoms with Crippen molar-refractivity contribution in [1.82, 2.24) is 63.1 Å². The van der Waals surface area contributed by atoms with E-state index in [1.807, 2.05) is 62.4 Å². The number of thioether (sulfide) groups is 2. The summed E-state index contributed by atoms with van der Waals surface area (Å²) in [6.45, 7) is 8.09. The number of amides is 10. The first-order valence-corrected chi connectivity index (χ1v) is 41.6. The predicted molar refractivity (Wildman–Crippen MR) is 459 cm³/mol. The highest BCUT2D eigenvalue weighted by molar-refractivity contribution is 7.98. The molecule has 5 aromatic rings. The highest BCUT2D eigenvalue weighted by Gasteiger charge is 2.24. The first kappa shape index (κ1) is 119. The van der Waals surface area contributed by atoms with Crippen LogP contribution >= 0.6 is 23.5 Å². The molecule has 0 bridgehead atoms. The van der Waals surface area contributed by atoms with Gasteiger partial charge in [0.25, 0.3) is 11.8 Å². The third-order valence-corrected chi connectivity index (χ3v) is 18.1. The number of hydrogen-bond acceptors (Lipinski definition) is 29. The molecule has 48 heteroatoms. The second-order valence-electron chi connectivity index (χ2n) is 26.4. The van der Waals surface area contributed by atoms with E-state index in [1.165, 1.54) is 36.3 Å². The van der Waals surface area contributed by atoms with E-state index < -0.39 is 89.9 Å². The van der Waals surface area contributed by atoms with Crippen LogP contribution in [0.15, 0.2) is 120 Å². The van der Waals surface area contributed by atoms with Crippen LogP contribution in [0, 0.1) is 25.7 Å². The number of aromatic nitrogens is 2. The molecule has 4 atom stereocenters. The Labute approximate surface area is 752 Å². The first-order valence-electron chi connectivity index (χ1n) is 39.3. The predicted octanol–water partition coefficient (Wildman–Crippen LogP) is 6.12. The molecule has 0 saturated carbocycles. The smallest absolute Gasteiger partial charge is 0.373 e. The van der Waals surface area contributed by atoms with E-state index in [2.05, 4.69) is 78.8 Å². The van der Waals surface area contributed by atoms with Gasteiger partial charge in [0.05, 0.1) is 18.1 Å². The third-order valence-electron chi connectivity index (χ3n) is 15.9. The van der Waals surface area contributed by atoms with Crippen LogP contribution in [0.25, 0.3) is 0 Å². The molecule has 710 valence electrons. The van der Waals surface area contributed by atoms with Gasteiger partial charge in [0.15, 0.2) is 6.61 Å². The van der Waals surface area contributed by atoms with Crippen LogP contribution in [0.3, 0.4) is 0 Å². The lowest BCUT2D eigenvalue weighted by Crippen LogP contribution is -2.46. The number of nitrogens with one attached hydrogen (secondary N) is 11. The number of carbonyl (C=O) groups excluding carboxylic acids is 14. The van der Waals surface area contributed by atoms with Crippen LogP contribution in [-0.4, -0.2) is 242 Å². The number of hydrazone groups is 1. The lowest BCUT2D eigenvalue weighted by molar-refractivity contribution is -0.193. The Balaban J connectivity index is -0.00000160. The Bertz CT molecular complexity index is 4360. The van der Waals surface area contributed by atoms with Gasteiger partial charge in [0.2, 0.25) is 11.9 Å². The average molecular weight is 1870 g/mol. The lowest BCUT2D eigenvalue weighted by atomic mass is 10.1. The number of oxime groups is 1. The number of hydrogen-bond donors (Lipinski definition) is 18. The van der Waals surface area contributed by atoms with Gasteiger partial charge in [-0.3, -0.25) is 34.2 Å². The van der Waals surface area contributed by atoms with Crippen molar-refractivity contribution in [2.24, 2.45) is 10.3 Å². The van der Waals surface area contributed by atoms with E-state index in [0.29, 0.717) is 89.1 Å². The maximum Gasteiger partial charge on any atom is 0.373 e. The zero-order valence-electron chi connectivity index (χ0n) is 71.1. The van der Waals surface area contributed by atoms with Crippen molar-refractivity contribution in [3.05, 3.63) is 160 Å². The molecular formula is C82H107F2N15O29S2. The largest absolute Gasteiger partial charge is 0.481 e. The van der Waals surface area contributed by atoms with E-state index >= 15 is 0 Å². The molecule has 0 aliphatic heterocycles. The van der Waals surface area contributed by atoms with E-state index in [0.717, 1.165) is 76.4 Å². The highest BCUT2D eigenvalue weighted by Crippen LogP contribution is 2.16. The van der Waals surface area contributed by atoms with Gasteiger partial charge in [-0.15, -0.1) is 0 Å². The number of aryl methyl sites for hydroxylation is 2. The van der Waals surface area contributed by atoms with Crippen molar-refractivity contribution in [1.29, 1.82) is 0 Å². The molecule has 44 nitrogen and oxygen atoms in total. The average Bonchev–Trinajstić information content (AvgIpc) is 0.874. The summed E-state index contributed by atoms with van der Waals surface area (Å²) >= 11 is 3.29. The maximum absolute atomic E-state index is 12.9. The molecule has 4 unspecified atom stereocenters. The van der Waals surface area contributed by atoms with Gasteiger partial charge in [0, 0.05) is 100 Å². The Hall–Kier alpha value is -14.7. The number of nitrogens with zero attached hydrogens (tertiary/aromatic N) is 4. The molecule has 0 spiro atoms. The van der Waals surface area contributed by atoms with Gasteiger partial charge in [0.1, 0.15) is 18.1 Å². The number of unbranched alkanes of at least 4 members (excludes halogenated alkanes) is 5. The topological polar surface area (TPSA) is 692 Å². The standard InChI is InChI=1S/C26H33N5O6.C21H30N4O7.C16H24FN3O3S.C15H20FN3O5S.4CO2/c1-18-5-7-19(8-6-18)17-29-31-21-11-9-20(10-12-21)24(34)27-15-3-2-4-16-28-26(37)30-22(25(35)36)13-14-23(32)33;1-15-5-7-16(8-6-15)13-24-32-14-18(26)22-11-3-2-4-12-23-21(31)25-17(20(29)30)9-10-19(27)28;1-12(4-5-15(21)22)20-16(23)19-7-2-3-9-24-11-13-6-8-18-14(17)10-13;16-12-8-10(4-6-17-12)9-25-7-1-5-18-15(24)19-11(14(22)23)2-3-13(20)21;4*2-1-3/h5-12,17,22,31H,2-4,13-16H2,1H3,(H,27,34)(H,32,33)(H,35,36)(H2,28,30,37);5-8,13,17H,2-4,9-12,14H2,1H3,(H,22,26)(H,27,28)(H,29,30)(H2,23,25,31);6,8,10,12H,2-5,7,9,11H2,1H3,(H,21,22)(H2,19,20,23);4,6,8,11H,1-3,5,7,9H2,(H,20,21)(H,22,23)(H2,18,19,24);;;;/b29-17+;;;;;;;/i;;17-1;16-1;;;;. The Morgan fingerprint density at radius 3 is 1.14 bits per heavy atom. The monoisotopic (exact) mass is 1870 g/mol. The van der Waals surface area contributed by atoms with Crippen LogP contribution in [0.4, 0.5) is 33.6 Å². The summed E-state index contributed by atoms with van der Waals surface area (Å²) in [5.74, 6) is -6.53. The zero-order valence-corrected chi connectivity index (χ0v) is 72.8. The second kappa shape index (κ2) is 79.0. The molecular weight excluding hydrogens is 1760 g/mol. The number of halogens is 2. The summed E-state index contributed by atoms with van der Waals surface area (Å²) < 4.78 is 25.8. The molecule has 0 aliphatic carbocycles. The number of carboxylic acid groups (broad SMARTS) is 7. The van der Waals surface area contributed by atoms with Gasteiger partial charge in [-0.1, -0.05) is 64.8 Å². The Kier molecular flexibility index (Phi) is 72.6. The minimum absolute atomic E-state index is 0.0417. The van der Waals surface area contributed by atoms with Crippen LogP contribution in [0.1, 0.15) is 160 Å². The van der Waals surface area contributed by atoms with Crippen molar-refractivity contribution < 1.29 is 150 Å². The fourth-order valence-corrected chi connectivity index (χ4v) is 11.3. The molecule has 0 aliphatic rings. The highest BCUT2D eigenvalue weighted by atomic mass is 32.2. The van der Waals surface area contributed by atoms with Gasteiger partial charge >= 0.3 is 90.5 Å². The molecule has 3 aromatic carbocycles. The van der Waals surface area contributed by atoms with Crippen molar-refractivity contribution >= 4 is 144 Å². The number of carbonyl (C=O) groups is 13. The summed E-state index contributed by atoms with van der Waals surface area (Å²) in [7, 11) is 0. The zero-order chi connectivity index (χ0) is 98.1. The quantitative estimate of drug-likeness (QED) is 0.00902. The fraction of sp³-hybridized carbons (Fsp3) is 0.427. The summed E-state index contributed by atoms with van der Waals surface area (Å²) in [6, 6.07) is 22.8. The van der Waals surface area contributed by atoms with Crippen molar-refractivity contribution in [2.45, 2.75) is 166 Å². The minimum Gasteiger partial charge on any atom is -0.481 e. The maximum atomic E-state index is 12.9. The number of carboxylic acids is 7. The van der Waals surface area contributed by atoms with Crippen LogP contribution in [-0.2, 0) is 93.1 Å².